The van der Waals surface area contributed by atoms with Gasteiger partial charge in [-0.1, -0.05) is 0 Å². The zero-order valence-electron chi connectivity index (χ0n) is 12.1. The third kappa shape index (κ3) is 3.03. The van der Waals surface area contributed by atoms with Crippen LogP contribution in [0.1, 0.15) is 18.2 Å². The van der Waals surface area contributed by atoms with Crippen LogP contribution < -0.4 is 5.32 Å². The Morgan fingerprint density at radius 2 is 2.27 bits per heavy atom. The van der Waals surface area contributed by atoms with E-state index < -0.39 is 9.84 Å². The molecule has 1 N–H and O–H groups in total. The van der Waals surface area contributed by atoms with E-state index in [1.807, 2.05) is 0 Å². The topological polar surface area (TPSA) is 96.7 Å². The largest absolute Gasteiger partial charge is 0.328 e. The first-order chi connectivity index (χ1) is 10.4. The summed E-state index contributed by atoms with van der Waals surface area (Å²) in [5, 5.41) is 7.10. The monoisotopic (exact) mass is 323 g/mol. The standard InChI is InChI=1S/C13H17N5O3S/c1-10-7-12(15-13(19)17-5-2-4-14-9-17)18(16-10)11-3-6-22(20,21)8-11/h2,4-5,7,11H,3,6,8-9H2,1H3,(H,15,19). The molecule has 1 aromatic heterocycles. The Labute approximate surface area is 128 Å². The molecule has 0 aromatic carbocycles. The molecule has 0 spiro atoms. The number of carbonyl (C=O) groups is 1. The number of sulfone groups is 1. The highest BCUT2D eigenvalue weighted by Crippen LogP contribution is 2.27. The fourth-order valence-electron chi connectivity index (χ4n) is 2.56. The van der Waals surface area contributed by atoms with E-state index in [4.69, 9.17) is 0 Å². The quantitative estimate of drug-likeness (QED) is 0.876. The van der Waals surface area contributed by atoms with Crippen molar-refractivity contribution in [2.24, 2.45) is 4.99 Å². The van der Waals surface area contributed by atoms with Crippen molar-refractivity contribution in [3.63, 3.8) is 0 Å². The molecule has 118 valence electrons. The zero-order valence-corrected chi connectivity index (χ0v) is 13.0. The average molecular weight is 323 g/mol. The van der Waals surface area contributed by atoms with Gasteiger partial charge in [-0.05, 0) is 19.4 Å². The Bertz CT molecular complexity index is 750. The molecule has 2 amide bonds. The van der Waals surface area contributed by atoms with Crippen molar-refractivity contribution in [2.75, 3.05) is 23.5 Å². The van der Waals surface area contributed by atoms with E-state index >= 15 is 0 Å². The molecule has 3 rings (SSSR count). The maximum atomic E-state index is 12.2. The van der Waals surface area contributed by atoms with Gasteiger partial charge in [0.1, 0.15) is 12.5 Å². The molecule has 1 unspecified atom stereocenters. The number of carbonyl (C=O) groups excluding carboxylic acids is 1. The number of hydrogen-bond acceptors (Lipinski definition) is 5. The summed E-state index contributed by atoms with van der Waals surface area (Å²) in [6.45, 7) is 2.06. The van der Waals surface area contributed by atoms with Gasteiger partial charge in [0.25, 0.3) is 0 Å². The molecular formula is C13H17N5O3S. The fraction of sp³-hybridized carbons (Fsp3) is 0.462. The average Bonchev–Trinajstić information content (AvgIpc) is 3.02. The molecule has 0 saturated carbocycles. The van der Waals surface area contributed by atoms with Crippen molar-refractivity contribution in [1.82, 2.24) is 14.7 Å². The van der Waals surface area contributed by atoms with Crippen LogP contribution in [0.15, 0.2) is 23.3 Å². The van der Waals surface area contributed by atoms with Crippen molar-refractivity contribution in [3.05, 3.63) is 24.0 Å². The molecule has 9 heteroatoms. The van der Waals surface area contributed by atoms with Crippen molar-refractivity contribution in [3.8, 4) is 0 Å². The second-order valence-electron chi connectivity index (χ2n) is 5.39. The number of nitrogens with zero attached hydrogens (tertiary/aromatic N) is 4. The molecule has 0 aliphatic carbocycles. The normalized spacial score (nSPS) is 23.0. The third-order valence-corrected chi connectivity index (χ3v) is 5.35. The van der Waals surface area contributed by atoms with E-state index in [1.54, 1.807) is 36.2 Å². The summed E-state index contributed by atoms with van der Waals surface area (Å²) < 4.78 is 24.9. The Balaban J connectivity index is 1.78. The van der Waals surface area contributed by atoms with Crippen molar-refractivity contribution in [2.45, 2.75) is 19.4 Å². The minimum atomic E-state index is -3.01. The van der Waals surface area contributed by atoms with E-state index in [9.17, 15) is 13.2 Å². The lowest BCUT2D eigenvalue weighted by Crippen LogP contribution is -2.33. The van der Waals surface area contributed by atoms with Gasteiger partial charge < -0.3 is 0 Å². The van der Waals surface area contributed by atoms with E-state index in [0.29, 0.717) is 12.2 Å². The Morgan fingerprint density at radius 3 is 2.91 bits per heavy atom. The second kappa shape index (κ2) is 5.56. The molecule has 1 atom stereocenters. The summed E-state index contributed by atoms with van der Waals surface area (Å²) in [6.07, 6.45) is 5.45. The van der Waals surface area contributed by atoms with Crippen LogP contribution in [0.3, 0.4) is 0 Å². The number of allylic oxidation sites excluding steroid dienone is 1. The lowest BCUT2D eigenvalue weighted by atomic mass is 10.3. The summed E-state index contributed by atoms with van der Waals surface area (Å²) in [4.78, 5) is 17.6. The first-order valence-corrected chi connectivity index (χ1v) is 8.77. The van der Waals surface area contributed by atoms with Crippen molar-refractivity contribution >= 4 is 27.9 Å². The number of urea groups is 1. The molecule has 3 heterocycles. The summed E-state index contributed by atoms with van der Waals surface area (Å²) in [7, 11) is -3.01. The lowest BCUT2D eigenvalue weighted by molar-refractivity contribution is 0.229. The minimum absolute atomic E-state index is 0.0604. The summed E-state index contributed by atoms with van der Waals surface area (Å²) in [5.41, 5.74) is 0.729. The number of aryl methyl sites for hydroxylation is 1. The molecule has 8 nitrogen and oxygen atoms in total. The molecule has 22 heavy (non-hydrogen) atoms. The van der Waals surface area contributed by atoms with Crippen LogP contribution in [0.4, 0.5) is 10.6 Å². The fourth-order valence-corrected chi connectivity index (χ4v) is 4.25. The van der Waals surface area contributed by atoms with E-state index in [-0.39, 0.29) is 30.2 Å². The van der Waals surface area contributed by atoms with E-state index in [2.05, 4.69) is 15.4 Å². The molecular weight excluding hydrogens is 306 g/mol. The lowest BCUT2D eigenvalue weighted by Gasteiger charge is -2.20. The Hall–Kier alpha value is -2.16. The predicted molar refractivity (Wildman–Crippen MR) is 82.6 cm³/mol. The number of anilines is 1. The maximum Gasteiger partial charge on any atom is 0.328 e. The summed E-state index contributed by atoms with van der Waals surface area (Å²) in [5.74, 6) is 0.728. The molecule has 0 radical (unpaired) electrons. The smallest absolute Gasteiger partial charge is 0.292 e. The van der Waals surface area contributed by atoms with Crippen LogP contribution in [0.2, 0.25) is 0 Å². The van der Waals surface area contributed by atoms with Crippen molar-refractivity contribution in [1.29, 1.82) is 0 Å². The van der Waals surface area contributed by atoms with Crippen LogP contribution in [0.5, 0.6) is 0 Å². The van der Waals surface area contributed by atoms with Gasteiger partial charge in [-0.2, -0.15) is 5.10 Å². The predicted octanol–water partition coefficient (Wildman–Crippen LogP) is 0.941. The van der Waals surface area contributed by atoms with Crippen LogP contribution in [-0.2, 0) is 9.84 Å². The molecule has 1 fully saturated rings. The number of amides is 2. The van der Waals surface area contributed by atoms with Gasteiger partial charge in [0.15, 0.2) is 9.84 Å². The Morgan fingerprint density at radius 1 is 1.45 bits per heavy atom. The van der Waals surface area contributed by atoms with Gasteiger partial charge in [-0.3, -0.25) is 15.2 Å². The first-order valence-electron chi connectivity index (χ1n) is 6.95. The highest BCUT2D eigenvalue weighted by Gasteiger charge is 2.31. The number of aliphatic imine (C=N–C) groups is 1. The van der Waals surface area contributed by atoms with Gasteiger partial charge in [0.2, 0.25) is 0 Å². The van der Waals surface area contributed by atoms with Crippen LogP contribution in [0, 0.1) is 6.92 Å². The van der Waals surface area contributed by atoms with Crippen LogP contribution in [-0.4, -0.2) is 53.5 Å². The van der Waals surface area contributed by atoms with Gasteiger partial charge in [-0.15, -0.1) is 0 Å². The van der Waals surface area contributed by atoms with Crippen molar-refractivity contribution < 1.29 is 13.2 Å². The van der Waals surface area contributed by atoms with Gasteiger partial charge in [0.05, 0.1) is 23.2 Å². The molecule has 0 bridgehead atoms. The van der Waals surface area contributed by atoms with Gasteiger partial charge in [-0.25, -0.2) is 17.9 Å². The number of hydrogen-bond donors (Lipinski definition) is 1. The summed E-state index contributed by atoms with van der Waals surface area (Å²) in [6, 6.07) is 1.18. The molecule has 2 aliphatic heterocycles. The van der Waals surface area contributed by atoms with E-state index in [0.717, 1.165) is 5.69 Å². The summed E-state index contributed by atoms with van der Waals surface area (Å²) >= 11 is 0. The molecule has 2 aliphatic rings. The van der Waals surface area contributed by atoms with Crippen LogP contribution >= 0.6 is 0 Å². The van der Waals surface area contributed by atoms with Crippen LogP contribution in [0.25, 0.3) is 0 Å². The van der Waals surface area contributed by atoms with E-state index in [1.165, 1.54) is 4.90 Å². The molecule has 1 saturated heterocycles. The highest BCUT2D eigenvalue weighted by molar-refractivity contribution is 7.91. The zero-order chi connectivity index (χ0) is 15.7. The highest BCUT2D eigenvalue weighted by atomic mass is 32.2. The minimum Gasteiger partial charge on any atom is -0.292 e. The number of aromatic nitrogens is 2. The number of rotatable bonds is 2. The molecule has 1 aromatic rings. The Kier molecular flexibility index (Phi) is 3.73. The number of nitrogens with one attached hydrogen (secondary N) is 1. The first kappa shape index (κ1) is 14.8. The van der Waals surface area contributed by atoms with Gasteiger partial charge >= 0.3 is 6.03 Å². The SMILES string of the molecule is Cc1cc(NC(=O)N2C=CC=NC2)n(C2CCS(=O)(=O)C2)n1. The van der Waals surface area contributed by atoms with Gasteiger partial charge in [0, 0.05) is 18.5 Å². The third-order valence-electron chi connectivity index (χ3n) is 3.60. The maximum absolute atomic E-state index is 12.2. The second-order valence-corrected chi connectivity index (χ2v) is 7.62.